The molecule has 0 heterocycles. The average Bonchev–Trinajstić information content (AvgIpc) is 2.34. The highest BCUT2D eigenvalue weighted by Gasteiger charge is 2.23. The molecule has 106 valence electrons. The first-order valence-corrected chi connectivity index (χ1v) is 6.25. The van der Waals surface area contributed by atoms with Gasteiger partial charge in [-0.05, 0) is 25.3 Å². The maximum Gasteiger partial charge on any atom is 0.295 e. The van der Waals surface area contributed by atoms with E-state index in [1.165, 1.54) is 0 Å². The van der Waals surface area contributed by atoms with Crippen molar-refractivity contribution in [2.45, 2.75) is 39.7 Å². The zero-order valence-corrected chi connectivity index (χ0v) is 11.2. The minimum Gasteiger partial charge on any atom is -0.375 e. The van der Waals surface area contributed by atoms with Gasteiger partial charge in [0.25, 0.3) is 5.69 Å². The molecule has 4 nitrogen and oxygen atoms in total. The number of nitrogens with one attached hydrogen (secondary N) is 1. The van der Waals surface area contributed by atoms with Crippen LogP contribution in [0.4, 0.5) is 20.2 Å². The Morgan fingerprint density at radius 2 is 2.00 bits per heavy atom. The summed E-state index contributed by atoms with van der Waals surface area (Å²) in [5.41, 5.74) is -0.823. The molecule has 19 heavy (non-hydrogen) atoms. The Balaban J connectivity index is 2.98. The van der Waals surface area contributed by atoms with Crippen LogP contribution in [0, 0.1) is 27.7 Å². The third-order valence-electron chi connectivity index (χ3n) is 3.11. The highest BCUT2D eigenvalue weighted by molar-refractivity contribution is 5.62. The number of hydrogen-bond acceptors (Lipinski definition) is 3. The van der Waals surface area contributed by atoms with Gasteiger partial charge in [-0.15, -0.1) is 0 Å². The van der Waals surface area contributed by atoms with Crippen molar-refractivity contribution in [2.75, 3.05) is 5.32 Å². The minimum absolute atomic E-state index is 0.176. The smallest absolute Gasteiger partial charge is 0.295 e. The van der Waals surface area contributed by atoms with Crippen molar-refractivity contribution < 1.29 is 13.7 Å². The molecule has 1 aromatic rings. The van der Waals surface area contributed by atoms with Crippen LogP contribution in [-0.2, 0) is 0 Å². The van der Waals surface area contributed by atoms with Gasteiger partial charge in [0.05, 0.1) is 4.92 Å². The molecule has 0 spiro atoms. The molecule has 0 fully saturated rings. The first-order chi connectivity index (χ1) is 8.86. The molecule has 0 aromatic heterocycles. The van der Waals surface area contributed by atoms with Gasteiger partial charge in [-0.25, -0.2) is 8.78 Å². The summed E-state index contributed by atoms with van der Waals surface area (Å²) in [4.78, 5) is 10.1. The van der Waals surface area contributed by atoms with Gasteiger partial charge in [0.2, 0.25) is 0 Å². The molecule has 0 bridgehead atoms. The fraction of sp³-hybridized carbons (Fsp3) is 0.538. The molecule has 0 aliphatic carbocycles. The molecule has 2 atom stereocenters. The Hall–Kier alpha value is -1.72. The van der Waals surface area contributed by atoms with Gasteiger partial charge in [-0.1, -0.05) is 20.3 Å². The summed E-state index contributed by atoms with van der Waals surface area (Å²) in [6.07, 6.45) is 1.68. The van der Waals surface area contributed by atoms with Crippen LogP contribution < -0.4 is 5.32 Å². The van der Waals surface area contributed by atoms with Crippen LogP contribution in [-0.4, -0.2) is 11.0 Å². The summed E-state index contributed by atoms with van der Waals surface area (Å²) in [7, 11) is 0. The lowest BCUT2D eigenvalue weighted by atomic mass is 10.00. The summed E-state index contributed by atoms with van der Waals surface area (Å²) in [5.74, 6) is -1.90. The fourth-order valence-electron chi connectivity index (χ4n) is 1.91. The van der Waals surface area contributed by atoms with Crippen molar-refractivity contribution in [1.29, 1.82) is 0 Å². The molecule has 1 N–H and O–H groups in total. The van der Waals surface area contributed by atoms with Crippen molar-refractivity contribution in [3.63, 3.8) is 0 Å². The monoisotopic (exact) mass is 272 g/mol. The number of nitrogens with zero attached hydrogens (tertiary/aromatic N) is 1. The summed E-state index contributed by atoms with van der Waals surface area (Å²) in [5, 5.41) is 13.5. The van der Waals surface area contributed by atoms with Gasteiger partial charge < -0.3 is 5.32 Å². The van der Waals surface area contributed by atoms with Crippen LogP contribution in [0.3, 0.4) is 0 Å². The van der Waals surface area contributed by atoms with Crippen molar-refractivity contribution in [1.82, 2.24) is 0 Å². The predicted molar refractivity (Wildman–Crippen MR) is 70.2 cm³/mol. The number of benzene rings is 1. The van der Waals surface area contributed by atoms with Gasteiger partial charge in [-0.2, -0.15) is 0 Å². The third-order valence-corrected chi connectivity index (χ3v) is 3.11. The molecule has 0 amide bonds. The van der Waals surface area contributed by atoms with E-state index >= 15 is 0 Å². The van der Waals surface area contributed by atoms with E-state index in [0.717, 1.165) is 25.0 Å². The van der Waals surface area contributed by atoms with Crippen LogP contribution in [0.2, 0.25) is 0 Å². The Morgan fingerprint density at radius 1 is 1.37 bits per heavy atom. The van der Waals surface area contributed by atoms with E-state index in [1.807, 2.05) is 13.8 Å². The zero-order chi connectivity index (χ0) is 14.6. The molecular formula is C13H18F2N2O2. The van der Waals surface area contributed by atoms with E-state index in [1.54, 1.807) is 6.92 Å². The molecule has 0 radical (unpaired) electrons. The molecule has 0 aliphatic heterocycles. The molecule has 2 unspecified atom stereocenters. The van der Waals surface area contributed by atoms with Crippen LogP contribution in [0.25, 0.3) is 0 Å². The maximum absolute atomic E-state index is 13.7. The standard InChI is InChI=1S/C13H18F2N2O2/c1-4-8(2)7-9(3)16-13-11(17(18)19)6-5-10(14)12(13)15/h5-6,8-9,16H,4,7H2,1-3H3. The predicted octanol–water partition coefficient (Wildman–Crippen LogP) is 4.11. The summed E-state index contributed by atoms with van der Waals surface area (Å²) in [6, 6.07) is 1.55. The second-order valence-corrected chi connectivity index (χ2v) is 4.81. The SMILES string of the molecule is CCC(C)CC(C)Nc1c([N+](=O)[O-])ccc(F)c1F. The minimum atomic E-state index is -1.20. The number of rotatable bonds is 6. The second kappa shape index (κ2) is 6.45. The average molecular weight is 272 g/mol. The Labute approximate surface area is 111 Å². The quantitative estimate of drug-likeness (QED) is 0.626. The van der Waals surface area contributed by atoms with Crippen LogP contribution in [0.1, 0.15) is 33.6 Å². The van der Waals surface area contributed by atoms with Crippen molar-refractivity contribution >= 4 is 11.4 Å². The van der Waals surface area contributed by atoms with Crippen molar-refractivity contribution in [3.8, 4) is 0 Å². The van der Waals surface area contributed by atoms with Crippen molar-refractivity contribution in [2.24, 2.45) is 5.92 Å². The van der Waals surface area contributed by atoms with Gasteiger partial charge in [-0.3, -0.25) is 10.1 Å². The van der Waals surface area contributed by atoms with Gasteiger partial charge in [0.15, 0.2) is 17.3 Å². The molecular weight excluding hydrogens is 254 g/mol. The maximum atomic E-state index is 13.7. The zero-order valence-electron chi connectivity index (χ0n) is 11.2. The Morgan fingerprint density at radius 3 is 2.53 bits per heavy atom. The first kappa shape index (κ1) is 15.3. The lowest BCUT2D eigenvalue weighted by molar-refractivity contribution is -0.384. The first-order valence-electron chi connectivity index (χ1n) is 6.25. The molecule has 1 aromatic carbocycles. The normalized spacial score (nSPS) is 13.9. The van der Waals surface area contributed by atoms with E-state index in [-0.39, 0.29) is 11.7 Å². The van der Waals surface area contributed by atoms with E-state index < -0.39 is 22.2 Å². The van der Waals surface area contributed by atoms with Crippen LogP contribution in [0.15, 0.2) is 12.1 Å². The van der Waals surface area contributed by atoms with Gasteiger partial charge in [0, 0.05) is 12.1 Å². The van der Waals surface area contributed by atoms with E-state index in [0.29, 0.717) is 5.92 Å². The summed E-state index contributed by atoms with van der Waals surface area (Å²) < 4.78 is 26.8. The Kier molecular flexibility index (Phi) is 5.20. The van der Waals surface area contributed by atoms with Crippen molar-refractivity contribution in [3.05, 3.63) is 33.9 Å². The number of hydrogen-bond donors (Lipinski definition) is 1. The van der Waals surface area contributed by atoms with Gasteiger partial charge >= 0.3 is 0 Å². The largest absolute Gasteiger partial charge is 0.375 e. The highest BCUT2D eigenvalue weighted by Crippen LogP contribution is 2.30. The highest BCUT2D eigenvalue weighted by atomic mass is 19.2. The number of halogens is 2. The van der Waals surface area contributed by atoms with E-state index in [4.69, 9.17) is 0 Å². The van der Waals surface area contributed by atoms with Crippen LogP contribution in [0.5, 0.6) is 0 Å². The lowest BCUT2D eigenvalue weighted by Crippen LogP contribution is -2.20. The molecule has 0 saturated heterocycles. The molecule has 0 aliphatic rings. The van der Waals surface area contributed by atoms with Gasteiger partial charge in [0.1, 0.15) is 0 Å². The second-order valence-electron chi connectivity index (χ2n) is 4.81. The number of nitro groups is 1. The fourth-order valence-corrected chi connectivity index (χ4v) is 1.91. The van der Waals surface area contributed by atoms with E-state index in [9.17, 15) is 18.9 Å². The lowest BCUT2D eigenvalue weighted by Gasteiger charge is -2.19. The van der Waals surface area contributed by atoms with E-state index in [2.05, 4.69) is 5.32 Å². The topological polar surface area (TPSA) is 55.2 Å². The molecule has 1 rings (SSSR count). The van der Waals surface area contributed by atoms with Crippen LogP contribution >= 0.6 is 0 Å². The molecule has 0 saturated carbocycles. The summed E-state index contributed by atoms with van der Waals surface area (Å²) >= 11 is 0. The molecule has 6 heteroatoms. The number of nitro benzene ring substituents is 1. The number of anilines is 1. The third kappa shape index (κ3) is 3.87. The summed E-state index contributed by atoms with van der Waals surface area (Å²) in [6.45, 7) is 5.86. The Bertz CT molecular complexity index is 466.